The third kappa shape index (κ3) is 5.21. The molecule has 2 N–H and O–H groups in total. The second-order valence-corrected chi connectivity index (χ2v) is 9.68. The van der Waals surface area contributed by atoms with Crippen LogP contribution in [0, 0.1) is 5.82 Å². The molecule has 2 aliphatic heterocycles. The van der Waals surface area contributed by atoms with Gasteiger partial charge in [-0.3, -0.25) is 14.5 Å². The van der Waals surface area contributed by atoms with E-state index in [1.807, 2.05) is 0 Å². The van der Waals surface area contributed by atoms with Crippen molar-refractivity contribution in [2.24, 2.45) is 0 Å². The van der Waals surface area contributed by atoms with Gasteiger partial charge in [-0.25, -0.2) is 14.3 Å². The first-order chi connectivity index (χ1) is 16.1. The molecule has 10 heteroatoms. The standard InChI is InChI=1S/C24H30FN5O4/c1-24(2,3)34-23(33)30-11-5-10-29(14-30)22(32)17-12-15(7-8-18(17)25)13-19-20-16(6-4-9-26-20)21(31)28-27-19/h7-8,12,26H,4-6,9-11,13-14H2,1-3H3,(H,28,31). The Morgan fingerprint density at radius 3 is 2.71 bits per heavy atom. The zero-order valence-corrected chi connectivity index (χ0v) is 19.7. The van der Waals surface area contributed by atoms with Gasteiger partial charge in [-0.15, -0.1) is 0 Å². The normalized spacial score (nSPS) is 16.0. The molecule has 0 atom stereocenters. The molecule has 0 aliphatic carbocycles. The van der Waals surface area contributed by atoms with Crippen molar-refractivity contribution >= 4 is 17.7 Å². The zero-order valence-electron chi connectivity index (χ0n) is 19.7. The van der Waals surface area contributed by atoms with E-state index in [4.69, 9.17) is 4.74 Å². The third-order valence-electron chi connectivity index (χ3n) is 5.83. The molecule has 4 rings (SSSR count). The monoisotopic (exact) mass is 471 g/mol. The number of aromatic nitrogens is 2. The van der Waals surface area contributed by atoms with Gasteiger partial charge in [-0.05, 0) is 57.7 Å². The summed E-state index contributed by atoms with van der Waals surface area (Å²) >= 11 is 0. The summed E-state index contributed by atoms with van der Waals surface area (Å²) in [7, 11) is 0. The number of hydrogen-bond acceptors (Lipinski definition) is 6. The number of H-pyrrole nitrogens is 1. The van der Waals surface area contributed by atoms with E-state index >= 15 is 0 Å². The predicted molar refractivity (Wildman–Crippen MR) is 124 cm³/mol. The van der Waals surface area contributed by atoms with Crippen molar-refractivity contribution in [2.75, 3.05) is 31.6 Å². The van der Waals surface area contributed by atoms with Crippen molar-refractivity contribution in [2.45, 2.75) is 52.1 Å². The van der Waals surface area contributed by atoms with E-state index in [1.54, 1.807) is 26.8 Å². The fraction of sp³-hybridized carbons (Fsp3) is 0.500. The number of carbonyl (C=O) groups excluding carboxylic acids is 2. The van der Waals surface area contributed by atoms with E-state index in [-0.39, 0.29) is 17.8 Å². The van der Waals surface area contributed by atoms with Crippen LogP contribution in [0.5, 0.6) is 0 Å². The van der Waals surface area contributed by atoms with Gasteiger partial charge in [0.2, 0.25) is 0 Å². The maximum absolute atomic E-state index is 14.7. The summed E-state index contributed by atoms with van der Waals surface area (Å²) in [5, 5.41) is 9.96. The third-order valence-corrected chi connectivity index (χ3v) is 5.83. The number of aromatic amines is 1. The molecular weight excluding hydrogens is 441 g/mol. The summed E-state index contributed by atoms with van der Waals surface area (Å²) in [6.45, 7) is 7.02. The van der Waals surface area contributed by atoms with Crippen molar-refractivity contribution < 1.29 is 18.7 Å². The van der Waals surface area contributed by atoms with E-state index in [9.17, 15) is 18.8 Å². The molecule has 1 aromatic carbocycles. The molecule has 2 aliphatic rings. The summed E-state index contributed by atoms with van der Waals surface area (Å²) in [5.41, 5.74) is 1.82. The number of ether oxygens (including phenoxy) is 1. The van der Waals surface area contributed by atoms with E-state index in [2.05, 4.69) is 15.5 Å². The van der Waals surface area contributed by atoms with Crippen molar-refractivity contribution in [1.82, 2.24) is 20.0 Å². The maximum Gasteiger partial charge on any atom is 0.411 e. The number of anilines is 1. The number of carbonyl (C=O) groups is 2. The Balaban J connectivity index is 1.53. The number of rotatable bonds is 3. The summed E-state index contributed by atoms with van der Waals surface area (Å²) < 4.78 is 20.1. The summed E-state index contributed by atoms with van der Waals surface area (Å²) in [5.74, 6) is -1.11. The second-order valence-electron chi connectivity index (χ2n) is 9.68. The maximum atomic E-state index is 14.7. The van der Waals surface area contributed by atoms with E-state index in [1.165, 1.54) is 21.9 Å². The van der Waals surface area contributed by atoms with Gasteiger partial charge in [0.25, 0.3) is 11.5 Å². The number of halogens is 1. The number of hydrogen-bond donors (Lipinski definition) is 2. The van der Waals surface area contributed by atoms with Gasteiger partial charge in [-0.1, -0.05) is 6.07 Å². The van der Waals surface area contributed by atoms with Gasteiger partial charge >= 0.3 is 6.09 Å². The van der Waals surface area contributed by atoms with Crippen molar-refractivity contribution in [1.29, 1.82) is 0 Å². The Morgan fingerprint density at radius 1 is 1.18 bits per heavy atom. The van der Waals surface area contributed by atoms with Crippen LogP contribution in [0.4, 0.5) is 14.9 Å². The molecule has 182 valence electrons. The topological polar surface area (TPSA) is 108 Å². The SMILES string of the molecule is CC(C)(C)OC(=O)N1CCCN(C(=O)c2cc(Cc3n[nH]c(=O)c4c3NCCC4)ccc2F)C1. The molecule has 0 bridgehead atoms. The fourth-order valence-corrected chi connectivity index (χ4v) is 4.23. The number of nitrogens with one attached hydrogen (secondary N) is 2. The molecule has 1 aromatic heterocycles. The fourth-order valence-electron chi connectivity index (χ4n) is 4.23. The van der Waals surface area contributed by atoms with Crippen LogP contribution in [0.15, 0.2) is 23.0 Å². The molecular formula is C24H30FN5O4. The van der Waals surface area contributed by atoms with E-state index in [0.717, 1.165) is 18.7 Å². The number of fused-ring (bicyclic) bond motifs is 1. The molecule has 1 saturated heterocycles. The van der Waals surface area contributed by atoms with Gasteiger partial charge in [0, 0.05) is 31.6 Å². The van der Waals surface area contributed by atoms with Gasteiger partial charge in [0.15, 0.2) is 0 Å². The van der Waals surface area contributed by atoms with Gasteiger partial charge in [0.1, 0.15) is 11.4 Å². The van der Waals surface area contributed by atoms with Gasteiger partial charge in [-0.2, -0.15) is 5.10 Å². The van der Waals surface area contributed by atoms with Crippen LogP contribution in [0.25, 0.3) is 0 Å². The molecule has 2 amide bonds. The molecule has 1 fully saturated rings. The summed E-state index contributed by atoms with van der Waals surface area (Å²) in [6.07, 6.45) is 1.94. The molecule has 0 radical (unpaired) electrons. The summed E-state index contributed by atoms with van der Waals surface area (Å²) in [4.78, 5) is 40.6. The first-order valence-corrected chi connectivity index (χ1v) is 11.5. The van der Waals surface area contributed by atoms with E-state index in [0.29, 0.717) is 49.2 Å². The molecule has 9 nitrogen and oxygen atoms in total. The number of benzene rings is 1. The van der Waals surface area contributed by atoms with Crippen LogP contribution in [-0.4, -0.2) is 63.9 Å². The Hall–Kier alpha value is -3.43. The first kappa shape index (κ1) is 23.7. The van der Waals surface area contributed by atoms with Crippen LogP contribution in [0.2, 0.25) is 0 Å². The Morgan fingerprint density at radius 2 is 1.94 bits per heavy atom. The van der Waals surface area contributed by atoms with Crippen LogP contribution < -0.4 is 10.9 Å². The Kier molecular flexibility index (Phi) is 6.58. The van der Waals surface area contributed by atoms with Crippen LogP contribution in [0.1, 0.15) is 60.8 Å². The Bertz CT molecular complexity index is 1160. The average Bonchev–Trinajstić information content (AvgIpc) is 2.81. The first-order valence-electron chi connectivity index (χ1n) is 11.5. The van der Waals surface area contributed by atoms with E-state index < -0.39 is 23.4 Å². The smallest absolute Gasteiger partial charge is 0.411 e. The molecule has 0 spiro atoms. The van der Waals surface area contributed by atoms with Crippen molar-refractivity contribution in [3.05, 3.63) is 56.8 Å². The summed E-state index contributed by atoms with van der Waals surface area (Å²) in [6, 6.07) is 4.40. The lowest BCUT2D eigenvalue weighted by Crippen LogP contribution is -2.51. The molecule has 2 aromatic rings. The second kappa shape index (κ2) is 9.44. The highest BCUT2D eigenvalue weighted by Crippen LogP contribution is 2.25. The van der Waals surface area contributed by atoms with Gasteiger partial charge < -0.3 is 15.0 Å². The minimum atomic E-state index is -0.645. The average molecular weight is 472 g/mol. The molecule has 0 unspecified atom stereocenters. The lowest BCUT2D eigenvalue weighted by molar-refractivity contribution is 0.00428. The van der Waals surface area contributed by atoms with Gasteiger partial charge in [0.05, 0.1) is 23.6 Å². The largest absolute Gasteiger partial charge is 0.444 e. The molecule has 34 heavy (non-hydrogen) atoms. The quantitative estimate of drug-likeness (QED) is 0.713. The Labute approximate surface area is 197 Å². The molecule has 0 saturated carbocycles. The van der Waals surface area contributed by atoms with Crippen LogP contribution in [-0.2, 0) is 17.6 Å². The number of amides is 2. The predicted octanol–water partition coefficient (Wildman–Crippen LogP) is 2.90. The van der Waals surface area contributed by atoms with Crippen molar-refractivity contribution in [3.63, 3.8) is 0 Å². The minimum absolute atomic E-state index is 0.0380. The van der Waals surface area contributed by atoms with Crippen LogP contribution >= 0.6 is 0 Å². The lowest BCUT2D eigenvalue weighted by atomic mass is 9.99. The van der Waals surface area contributed by atoms with Crippen molar-refractivity contribution in [3.8, 4) is 0 Å². The highest BCUT2D eigenvalue weighted by molar-refractivity contribution is 5.95. The van der Waals surface area contributed by atoms with Crippen LogP contribution in [0.3, 0.4) is 0 Å². The zero-order chi connectivity index (χ0) is 24.5. The lowest BCUT2D eigenvalue weighted by Gasteiger charge is -2.36. The number of nitrogens with zero attached hydrogens (tertiary/aromatic N) is 3. The highest BCUT2D eigenvalue weighted by Gasteiger charge is 2.30. The molecule has 3 heterocycles. The highest BCUT2D eigenvalue weighted by atomic mass is 19.1. The minimum Gasteiger partial charge on any atom is -0.444 e.